The van der Waals surface area contributed by atoms with E-state index in [4.69, 9.17) is 5.73 Å². The highest BCUT2D eigenvalue weighted by molar-refractivity contribution is 9.10. The van der Waals surface area contributed by atoms with E-state index in [-0.39, 0.29) is 0 Å². The Morgan fingerprint density at radius 3 is 2.93 bits per heavy atom. The van der Waals surface area contributed by atoms with Crippen molar-refractivity contribution in [1.82, 2.24) is 0 Å². The van der Waals surface area contributed by atoms with Gasteiger partial charge in [0.05, 0.1) is 0 Å². The molecule has 74 valence electrons. The minimum atomic E-state index is 0.495. The average Bonchev–Trinajstić information content (AvgIpc) is 2.62. The first kappa shape index (κ1) is 9.94. The third-order valence-corrected chi connectivity index (χ3v) is 3.61. The van der Waals surface area contributed by atoms with Crippen molar-refractivity contribution in [3.05, 3.63) is 39.4 Å². The molecule has 14 heavy (non-hydrogen) atoms. The second-order valence-electron chi connectivity index (χ2n) is 3.84. The minimum absolute atomic E-state index is 0.495. The van der Waals surface area contributed by atoms with Gasteiger partial charge < -0.3 is 5.73 Å². The summed E-state index contributed by atoms with van der Waals surface area (Å²) in [6, 6.07) is 6.34. The number of nitrogens with two attached hydrogens (primary N) is 1. The average molecular weight is 252 g/mol. The lowest BCUT2D eigenvalue weighted by Crippen LogP contribution is -2.12. The van der Waals surface area contributed by atoms with Gasteiger partial charge in [-0.2, -0.15) is 0 Å². The summed E-state index contributed by atoms with van der Waals surface area (Å²) in [7, 11) is 0. The molecule has 1 aromatic rings. The molecule has 2 N–H and O–H groups in total. The standard InChI is InChI=1S/C12H14BrN/c1-8(7-14)10-5-9-3-2-4-12(13)11(9)6-10/h2-5,8H,6-7,14H2,1H3. The highest BCUT2D eigenvalue weighted by Gasteiger charge is 2.18. The van der Waals surface area contributed by atoms with Crippen molar-refractivity contribution in [2.24, 2.45) is 11.7 Å². The van der Waals surface area contributed by atoms with Crippen molar-refractivity contribution in [3.63, 3.8) is 0 Å². The van der Waals surface area contributed by atoms with Crippen molar-refractivity contribution in [3.8, 4) is 0 Å². The van der Waals surface area contributed by atoms with Crippen LogP contribution < -0.4 is 5.73 Å². The van der Waals surface area contributed by atoms with Gasteiger partial charge in [-0.3, -0.25) is 0 Å². The van der Waals surface area contributed by atoms with E-state index in [2.05, 4.69) is 47.1 Å². The van der Waals surface area contributed by atoms with E-state index in [9.17, 15) is 0 Å². The predicted octanol–water partition coefficient (Wildman–Crippen LogP) is 2.98. The number of rotatable bonds is 2. The Hall–Kier alpha value is -0.600. The molecule has 0 aliphatic heterocycles. The molecular weight excluding hydrogens is 238 g/mol. The molecule has 1 aromatic carbocycles. The van der Waals surface area contributed by atoms with Crippen molar-refractivity contribution in [2.75, 3.05) is 6.54 Å². The van der Waals surface area contributed by atoms with Gasteiger partial charge in [0.25, 0.3) is 0 Å². The Bertz CT molecular complexity index is 382. The van der Waals surface area contributed by atoms with Crippen LogP contribution in [-0.4, -0.2) is 6.54 Å². The smallest absolute Gasteiger partial charge is 0.0216 e. The summed E-state index contributed by atoms with van der Waals surface area (Å²) in [5.74, 6) is 0.495. The van der Waals surface area contributed by atoms with Gasteiger partial charge in [0.15, 0.2) is 0 Å². The fourth-order valence-corrected chi connectivity index (χ4v) is 2.34. The highest BCUT2D eigenvalue weighted by Crippen LogP contribution is 2.33. The summed E-state index contributed by atoms with van der Waals surface area (Å²) in [6.45, 7) is 2.92. The summed E-state index contributed by atoms with van der Waals surface area (Å²) < 4.78 is 1.21. The molecule has 0 amide bonds. The fourth-order valence-electron chi connectivity index (χ4n) is 1.82. The first-order chi connectivity index (χ1) is 6.72. The van der Waals surface area contributed by atoms with Crippen LogP contribution in [0.25, 0.3) is 6.08 Å². The topological polar surface area (TPSA) is 26.0 Å². The van der Waals surface area contributed by atoms with Crippen LogP contribution in [0.4, 0.5) is 0 Å². The number of hydrogen-bond acceptors (Lipinski definition) is 1. The van der Waals surface area contributed by atoms with Crippen LogP contribution in [0.15, 0.2) is 28.2 Å². The fraction of sp³-hybridized carbons (Fsp3) is 0.333. The lowest BCUT2D eigenvalue weighted by Gasteiger charge is -2.09. The zero-order chi connectivity index (χ0) is 10.1. The number of halogens is 1. The van der Waals surface area contributed by atoms with Crippen molar-refractivity contribution >= 4 is 22.0 Å². The number of fused-ring (bicyclic) bond motifs is 1. The van der Waals surface area contributed by atoms with E-state index < -0.39 is 0 Å². The van der Waals surface area contributed by atoms with Gasteiger partial charge in [-0.1, -0.05) is 46.6 Å². The Morgan fingerprint density at radius 2 is 2.29 bits per heavy atom. The molecule has 0 saturated carbocycles. The van der Waals surface area contributed by atoms with Crippen LogP contribution in [0.3, 0.4) is 0 Å². The SMILES string of the molecule is CC(CN)C1=Cc2cccc(Br)c2C1. The first-order valence-electron chi connectivity index (χ1n) is 4.90. The molecule has 0 heterocycles. The van der Waals surface area contributed by atoms with E-state index in [0.717, 1.165) is 13.0 Å². The van der Waals surface area contributed by atoms with Crippen LogP contribution in [0.5, 0.6) is 0 Å². The molecule has 1 nitrogen and oxygen atoms in total. The van der Waals surface area contributed by atoms with Gasteiger partial charge in [-0.25, -0.2) is 0 Å². The highest BCUT2D eigenvalue weighted by atomic mass is 79.9. The summed E-state index contributed by atoms with van der Waals surface area (Å²) in [4.78, 5) is 0. The lowest BCUT2D eigenvalue weighted by atomic mass is 10.00. The second-order valence-corrected chi connectivity index (χ2v) is 4.69. The van der Waals surface area contributed by atoms with Crippen LogP contribution >= 0.6 is 15.9 Å². The van der Waals surface area contributed by atoms with Gasteiger partial charge >= 0.3 is 0 Å². The molecule has 0 saturated heterocycles. The van der Waals surface area contributed by atoms with Gasteiger partial charge in [-0.05, 0) is 36.1 Å². The molecule has 2 rings (SSSR count). The second kappa shape index (κ2) is 3.87. The molecule has 1 atom stereocenters. The first-order valence-corrected chi connectivity index (χ1v) is 5.69. The number of hydrogen-bond donors (Lipinski definition) is 1. The molecule has 1 aliphatic carbocycles. The van der Waals surface area contributed by atoms with Crippen LogP contribution in [0.1, 0.15) is 18.1 Å². The largest absolute Gasteiger partial charge is 0.330 e. The van der Waals surface area contributed by atoms with E-state index in [0.29, 0.717) is 5.92 Å². The van der Waals surface area contributed by atoms with E-state index >= 15 is 0 Å². The van der Waals surface area contributed by atoms with Gasteiger partial charge in [0.2, 0.25) is 0 Å². The molecular formula is C12H14BrN. The molecule has 1 unspecified atom stereocenters. The minimum Gasteiger partial charge on any atom is -0.330 e. The summed E-state index contributed by atoms with van der Waals surface area (Å²) in [5, 5.41) is 0. The molecule has 1 aliphatic rings. The third kappa shape index (κ3) is 1.64. The monoisotopic (exact) mass is 251 g/mol. The lowest BCUT2D eigenvalue weighted by molar-refractivity contribution is 0.684. The van der Waals surface area contributed by atoms with Crippen LogP contribution in [-0.2, 0) is 6.42 Å². The zero-order valence-corrected chi connectivity index (χ0v) is 9.84. The summed E-state index contributed by atoms with van der Waals surface area (Å²) >= 11 is 3.58. The van der Waals surface area contributed by atoms with Crippen LogP contribution in [0.2, 0.25) is 0 Å². The molecule has 2 heteroatoms. The van der Waals surface area contributed by atoms with Crippen molar-refractivity contribution in [1.29, 1.82) is 0 Å². The normalized spacial score (nSPS) is 16.4. The molecule has 0 fully saturated rings. The molecule has 0 aromatic heterocycles. The Morgan fingerprint density at radius 1 is 1.50 bits per heavy atom. The Labute approximate surface area is 93.1 Å². The summed E-state index contributed by atoms with van der Waals surface area (Å²) in [6.07, 6.45) is 3.33. The van der Waals surface area contributed by atoms with Crippen molar-refractivity contribution in [2.45, 2.75) is 13.3 Å². The maximum absolute atomic E-state index is 5.67. The maximum Gasteiger partial charge on any atom is 0.0216 e. The van der Waals surface area contributed by atoms with E-state index in [1.807, 2.05) is 0 Å². The van der Waals surface area contributed by atoms with Gasteiger partial charge in [0.1, 0.15) is 0 Å². The van der Waals surface area contributed by atoms with E-state index in [1.54, 1.807) is 0 Å². The van der Waals surface area contributed by atoms with Crippen LogP contribution in [0, 0.1) is 5.92 Å². The Balaban J connectivity index is 2.32. The molecule has 0 bridgehead atoms. The predicted molar refractivity (Wildman–Crippen MR) is 64.0 cm³/mol. The third-order valence-electron chi connectivity index (χ3n) is 2.86. The van der Waals surface area contributed by atoms with Gasteiger partial charge in [0, 0.05) is 4.47 Å². The van der Waals surface area contributed by atoms with E-state index in [1.165, 1.54) is 21.2 Å². The Kier molecular flexibility index (Phi) is 2.75. The number of benzene rings is 1. The quantitative estimate of drug-likeness (QED) is 0.860. The van der Waals surface area contributed by atoms with Crippen molar-refractivity contribution < 1.29 is 0 Å². The zero-order valence-electron chi connectivity index (χ0n) is 8.26. The molecule has 0 spiro atoms. The summed E-state index contributed by atoms with van der Waals surface area (Å²) in [5.41, 5.74) is 9.87. The maximum atomic E-state index is 5.67. The molecule has 0 radical (unpaired) electrons. The van der Waals surface area contributed by atoms with Gasteiger partial charge in [-0.15, -0.1) is 0 Å².